The lowest BCUT2D eigenvalue weighted by Gasteiger charge is -2.34. The Balaban J connectivity index is 1.39. The van der Waals surface area contributed by atoms with Gasteiger partial charge in [-0.1, -0.05) is 86.1 Å². The van der Waals surface area contributed by atoms with Gasteiger partial charge in [0.05, 0.1) is 11.7 Å². The van der Waals surface area contributed by atoms with Crippen molar-refractivity contribution >= 4 is 28.8 Å². The number of aromatic hydroxyl groups is 1. The van der Waals surface area contributed by atoms with E-state index in [1.54, 1.807) is 18.2 Å². The van der Waals surface area contributed by atoms with Crippen LogP contribution in [0.2, 0.25) is 5.02 Å². The van der Waals surface area contributed by atoms with Crippen molar-refractivity contribution in [2.24, 2.45) is 5.41 Å². The number of phenols is 1. The minimum Gasteiger partial charge on any atom is -0.506 e. The molecule has 1 aliphatic heterocycles. The van der Waals surface area contributed by atoms with Crippen molar-refractivity contribution in [2.75, 3.05) is 10.6 Å². The smallest absolute Gasteiger partial charge is 0.163 e. The van der Waals surface area contributed by atoms with E-state index in [-0.39, 0.29) is 16.9 Å². The number of para-hydroxylation sites is 2. The molecule has 4 aromatic rings. The van der Waals surface area contributed by atoms with Crippen LogP contribution in [0.3, 0.4) is 0 Å². The predicted octanol–water partition coefficient (Wildman–Crippen LogP) is 8.73. The number of allylic oxidation sites excluding steroid dienone is 1. The third kappa shape index (κ3) is 4.86. The van der Waals surface area contributed by atoms with E-state index in [0.717, 1.165) is 28.1 Å². The average molecular weight is 537 g/mol. The molecular formula is C33H29ClN2O3. The van der Waals surface area contributed by atoms with E-state index >= 15 is 0 Å². The zero-order chi connectivity index (χ0) is 27.1. The molecule has 0 saturated carbocycles. The highest BCUT2D eigenvalue weighted by molar-refractivity contribution is 6.31. The Morgan fingerprint density at radius 2 is 1.69 bits per heavy atom. The molecule has 39 heavy (non-hydrogen) atoms. The van der Waals surface area contributed by atoms with Crippen LogP contribution in [0.5, 0.6) is 17.2 Å². The largest absolute Gasteiger partial charge is 0.506 e. The fourth-order valence-corrected chi connectivity index (χ4v) is 5.81. The van der Waals surface area contributed by atoms with E-state index in [4.69, 9.17) is 16.3 Å². The highest BCUT2D eigenvalue weighted by Gasteiger charge is 2.39. The number of ether oxygens (including phenoxy) is 1. The second-order valence-electron chi connectivity index (χ2n) is 10.9. The molecule has 4 aromatic carbocycles. The second-order valence-corrected chi connectivity index (χ2v) is 11.3. The number of rotatable bonds is 4. The Morgan fingerprint density at radius 1 is 0.923 bits per heavy atom. The Labute approximate surface area is 233 Å². The number of hydrogen-bond acceptors (Lipinski definition) is 5. The number of benzene rings is 4. The Morgan fingerprint density at radius 3 is 2.49 bits per heavy atom. The number of fused-ring (bicyclic) bond motifs is 1. The van der Waals surface area contributed by atoms with Crippen molar-refractivity contribution in [1.29, 1.82) is 0 Å². The number of carbonyl (C=O) groups excluding carboxylic acids is 1. The molecule has 1 heterocycles. The molecule has 0 saturated heterocycles. The maximum atomic E-state index is 13.5. The van der Waals surface area contributed by atoms with Gasteiger partial charge in [0.1, 0.15) is 22.9 Å². The van der Waals surface area contributed by atoms with Gasteiger partial charge in [-0.25, -0.2) is 0 Å². The van der Waals surface area contributed by atoms with Crippen LogP contribution in [0.25, 0.3) is 11.1 Å². The van der Waals surface area contributed by atoms with Gasteiger partial charge in [-0.2, -0.15) is 0 Å². The van der Waals surface area contributed by atoms with Crippen LogP contribution in [-0.2, 0) is 4.79 Å². The Hall–Kier alpha value is -4.22. The summed E-state index contributed by atoms with van der Waals surface area (Å²) < 4.78 is 6.31. The predicted molar refractivity (Wildman–Crippen MR) is 157 cm³/mol. The molecule has 0 radical (unpaired) electrons. The van der Waals surface area contributed by atoms with Gasteiger partial charge in [-0.3, -0.25) is 4.79 Å². The summed E-state index contributed by atoms with van der Waals surface area (Å²) in [4.78, 5) is 13.5. The number of carbonyl (C=O) groups is 1. The maximum Gasteiger partial charge on any atom is 0.163 e. The van der Waals surface area contributed by atoms with Crippen LogP contribution in [0.15, 0.2) is 102 Å². The third-order valence-electron chi connectivity index (χ3n) is 7.31. The molecule has 0 aromatic heterocycles. The van der Waals surface area contributed by atoms with Crippen LogP contribution < -0.4 is 15.4 Å². The van der Waals surface area contributed by atoms with Crippen LogP contribution in [0, 0.1) is 5.41 Å². The fraction of sp³-hybridized carbons (Fsp3) is 0.182. The van der Waals surface area contributed by atoms with E-state index in [2.05, 4.69) is 24.5 Å². The molecule has 3 N–H and O–H groups in total. The zero-order valence-electron chi connectivity index (χ0n) is 21.8. The van der Waals surface area contributed by atoms with Gasteiger partial charge in [0.25, 0.3) is 0 Å². The lowest BCUT2D eigenvalue weighted by molar-refractivity contribution is -0.118. The van der Waals surface area contributed by atoms with Gasteiger partial charge in [-0.15, -0.1) is 0 Å². The first-order valence-electron chi connectivity index (χ1n) is 13.0. The third-order valence-corrected chi connectivity index (χ3v) is 7.64. The van der Waals surface area contributed by atoms with E-state index in [1.165, 1.54) is 0 Å². The first-order valence-corrected chi connectivity index (χ1v) is 13.4. The number of ketones is 1. The summed E-state index contributed by atoms with van der Waals surface area (Å²) >= 11 is 6.91. The van der Waals surface area contributed by atoms with Crippen molar-refractivity contribution in [3.8, 4) is 28.4 Å². The van der Waals surface area contributed by atoms with Gasteiger partial charge < -0.3 is 20.5 Å². The second kappa shape index (κ2) is 9.83. The Kier molecular flexibility index (Phi) is 6.32. The molecule has 2 aliphatic rings. The SMILES string of the molecule is CC1(C)CC(=O)C2=C(C1)Nc1c(O)cccc1NC2c1ccc(Oc2ccccc2-c2ccccc2)cc1Cl. The van der Waals surface area contributed by atoms with Crippen molar-refractivity contribution in [3.63, 3.8) is 0 Å². The fourth-order valence-electron chi connectivity index (χ4n) is 5.53. The van der Waals surface area contributed by atoms with E-state index in [0.29, 0.717) is 40.6 Å². The summed E-state index contributed by atoms with van der Waals surface area (Å²) in [7, 11) is 0. The number of hydrogen-bond donors (Lipinski definition) is 3. The summed E-state index contributed by atoms with van der Waals surface area (Å²) in [6.45, 7) is 4.17. The first-order chi connectivity index (χ1) is 18.8. The van der Waals surface area contributed by atoms with Crippen molar-refractivity contribution in [3.05, 3.63) is 113 Å². The molecule has 5 nitrogen and oxygen atoms in total. The molecule has 0 amide bonds. The van der Waals surface area contributed by atoms with Gasteiger partial charge in [-0.05, 0) is 53.3 Å². The lowest BCUT2D eigenvalue weighted by atomic mass is 9.73. The minimum atomic E-state index is -0.489. The standard InChI is InChI=1S/C33H29ClN2O3/c1-33(2)18-26-30(28(38)19-33)31(35-25-12-8-13-27(37)32(25)36-26)23-16-15-21(17-24(23)34)39-29-14-7-6-11-22(29)20-9-4-3-5-10-20/h3-17,31,35-37H,18-19H2,1-2H3. The molecule has 6 rings (SSSR count). The van der Waals surface area contributed by atoms with Gasteiger partial charge in [0, 0.05) is 28.3 Å². The molecule has 0 spiro atoms. The minimum absolute atomic E-state index is 0.0618. The number of halogens is 1. The highest BCUT2D eigenvalue weighted by atomic mass is 35.5. The normalized spacial score (nSPS) is 17.8. The van der Waals surface area contributed by atoms with Gasteiger partial charge >= 0.3 is 0 Å². The topological polar surface area (TPSA) is 70.6 Å². The van der Waals surface area contributed by atoms with Crippen LogP contribution in [0.4, 0.5) is 11.4 Å². The summed E-state index contributed by atoms with van der Waals surface area (Å²) in [6.07, 6.45) is 1.11. The monoisotopic (exact) mass is 536 g/mol. The quantitative estimate of drug-likeness (QED) is 0.227. The molecular weight excluding hydrogens is 508 g/mol. The Bertz CT molecular complexity index is 1610. The summed E-state index contributed by atoms with van der Waals surface area (Å²) in [5.41, 5.74) is 5.33. The van der Waals surface area contributed by atoms with E-state index in [9.17, 15) is 9.90 Å². The molecule has 1 aliphatic carbocycles. The van der Waals surface area contributed by atoms with Crippen LogP contribution in [0.1, 0.15) is 38.3 Å². The summed E-state index contributed by atoms with van der Waals surface area (Å²) in [5.74, 6) is 1.51. The van der Waals surface area contributed by atoms with E-state index < -0.39 is 6.04 Å². The van der Waals surface area contributed by atoms with Crippen LogP contribution in [-0.4, -0.2) is 10.9 Å². The highest BCUT2D eigenvalue weighted by Crippen LogP contribution is 2.48. The number of nitrogens with one attached hydrogen (secondary N) is 2. The zero-order valence-corrected chi connectivity index (χ0v) is 22.5. The first kappa shape index (κ1) is 25.1. The van der Waals surface area contributed by atoms with Gasteiger partial charge in [0.2, 0.25) is 0 Å². The average Bonchev–Trinajstić information content (AvgIpc) is 3.06. The maximum absolute atomic E-state index is 13.5. The van der Waals surface area contributed by atoms with E-state index in [1.807, 2.05) is 72.8 Å². The number of phenolic OH excluding ortho intramolecular Hbond substituents is 1. The lowest BCUT2D eigenvalue weighted by Crippen LogP contribution is -2.31. The molecule has 6 heteroatoms. The molecule has 0 fully saturated rings. The summed E-state index contributed by atoms with van der Waals surface area (Å²) in [6, 6.07) is 28.4. The van der Waals surface area contributed by atoms with Crippen molar-refractivity contribution in [1.82, 2.24) is 0 Å². The molecule has 1 unspecified atom stereocenters. The molecule has 0 bridgehead atoms. The van der Waals surface area contributed by atoms with Gasteiger partial charge in [0.15, 0.2) is 5.78 Å². The molecule has 196 valence electrons. The van der Waals surface area contributed by atoms with Crippen molar-refractivity contribution in [2.45, 2.75) is 32.7 Å². The van der Waals surface area contributed by atoms with Crippen LogP contribution >= 0.6 is 11.6 Å². The number of anilines is 2. The number of Topliss-reactive ketones (excluding diaryl/α,β-unsaturated/α-hetero) is 1. The molecule has 1 atom stereocenters. The van der Waals surface area contributed by atoms with Crippen molar-refractivity contribution < 1.29 is 14.6 Å². The summed E-state index contributed by atoms with van der Waals surface area (Å²) in [5, 5.41) is 18.0.